The Bertz CT molecular complexity index is 129. The predicted molar refractivity (Wildman–Crippen MR) is 68.9 cm³/mol. The Morgan fingerprint density at radius 2 is 1.56 bits per heavy atom. The minimum atomic E-state index is 0.730. The second-order valence-corrected chi connectivity index (χ2v) is 4.53. The van der Waals surface area contributed by atoms with Crippen LogP contribution in [0.3, 0.4) is 0 Å². The summed E-state index contributed by atoms with van der Waals surface area (Å²) in [5, 5.41) is 3.39. The first-order chi connectivity index (χ1) is 7.77. The molecule has 0 aliphatic rings. The van der Waals surface area contributed by atoms with Gasteiger partial charge in [0.1, 0.15) is 0 Å². The lowest BCUT2D eigenvalue weighted by Gasteiger charge is -2.08. The highest BCUT2D eigenvalue weighted by Crippen LogP contribution is 1.89. The van der Waals surface area contributed by atoms with E-state index in [0.29, 0.717) is 0 Å². The summed E-state index contributed by atoms with van der Waals surface area (Å²) in [6.45, 7) is 11.9. The van der Waals surface area contributed by atoms with E-state index >= 15 is 0 Å². The Morgan fingerprint density at radius 1 is 0.938 bits per heavy atom. The Kier molecular flexibility index (Phi) is 12.9. The number of rotatable bonds is 12. The van der Waals surface area contributed by atoms with Crippen molar-refractivity contribution in [2.24, 2.45) is 5.92 Å². The molecule has 0 bridgehead atoms. The number of unbranched alkanes of at least 4 members (excludes halogenated alkanes) is 1. The Balaban J connectivity index is 2.88. The zero-order valence-corrected chi connectivity index (χ0v) is 11.3. The van der Waals surface area contributed by atoms with Gasteiger partial charge in [0.05, 0.1) is 13.2 Å². The zero-order valence-electron chi connectivity index (χ0n) is 11.3. The molecule has 98 valence electrons. The summed E-state index contributed by atoms with van der Waals surface area (Å²) in [5.41, 5.74) is 0. The average Bonchev–Trinajstić information content (AvgIpc) is 2.25. The van der Waals surface area contributed by atoms with Crippen LogP contribution in [0.5, 0.6) is 0 Å². The molecule has 0 saturated heterocycles. The first-order valence-electron chi connectivity index (χ1n) is 6.63. The largest absolute Gasteiger partial charge is 0.379 e. The number of hydrogen-bond donors (Lipinski definition) is 1. The molecule has 0 aromatic heterocycles. The second kappa shape index (κ2) is 12.9. The van der Waals surface area contributed by atoms with E-state index in [9.17, 15) is 0 Å². The summed E-state index contributed by atoms with van der Waals surface area (Å²) in [6.07, 6.45) is 3.43. The van der Waals surface area contributed by atoms with Gasteiger partial charge in [-0.25, -0.2) is 0 Å². The number of nitrogens with one attached hydrogen (secondary N) is 1. The highest BCUT2D eigenvalue weighted by atomic mass is 16.5. The van der Waals surface area contributed by atoms with E-state index in [0.717, 1.165) is 58.3 Å². The van der Waals surface area contributed by atoms with E-state index in [1.165, 1.54) is 6.42 Å². The highest BCUT2D eigenvalue weighted by molar-refractivity contribution is 4.50. The summed E-state index contributed by atoms with van der Waals surface area (Å²) in [7, 11) is 0. The summed E-state index contributed by atoms with van der Waals surface area (Å²) in [5.74, 6) is 0.730. The molecule has 3 heteroatoms. The van der Waals surface area contributed by atoms with Gasteiger partial charge < -0.3 is 14.8 Å². The third kappa shape index (κ3) is 13.9. The van der Waals surface area contributed by atoms with Crippen molar-refractivity contribution < 1.29 is 9.47 Å². The van der Waals surface area contributed by atoms with Crippen LogP contribution >= 0.6 is 0 Å². The molecule has 3 nitrogen and oxygen atoms in total. The zero-order chi connectivity index (χ0) is 12.1. The first-order valence-corrected chi connectivity index (χ1v) is 6.63. The van der Waals surface area contributed by atoms with Gasteiger partial charge in [-0.2, -0.15) is 0 Å². The minimum absolute atomic E-state index is 0.730. The maximum absolute atomic E-state index is 5.46. The van der Waals surface area contributed by atoms with Crippen LogP contribution in [-0.2, 0) is 9.47 Å². The molecule has 0 aromatic rings. The van der Waals surface area contributed by atoms with Gasteiger partial charge in [-0.15, -0.1) is 0 Å². The summed E-state index contributed by atoms with van der Waals surface area (Å²) < 4.78 is 10.8. The van der Waals surface area contributed by atoms with Crippen LogP contribution in [0.4, 0.5) is 0 Å². The van der Waals surface area contributed by atoms with Gasteiger partial charge in [0.25, 0.3) is 0 Å². The fraction of sp³-hybridized carbons (Fsp3) is 1.00. The molecule has 0 aromatic carbocycles. The van der Waals surface area contributed by atoms with Crippen LogP contribution in [0, 0.1) is 5.92 Å². The smallest absolute Gasteiger partial charge is 0.0700 e. The number of ether oxygens (including phenoxy) is 2. The molecule has 0 aliphatic carbocycles. The van der Waals surface area contributed by atoms with E-state index in [4.69, 9.17) is 9.47 Å². The highest BCUT2D eigenvalue weighted by Gasteiger charge is 1.93. The average molecular weight is 231 g/mol. The molecule has 0 fully saturated rings. The molecule has 0 aliphatic heterocycles. The lowest BCUT2D eigenvalue weighted by Crippen LogP contribution is -2.21. The van der Waals surface area contributed by atoms with Crippen LogP contribution in [-0.4, -0.2) is 39.5 Å². The summed E-state index contributed by atoms with van der Waals surface area (Å²) in [6, 6.07) is 0. The Labute approximate surface area is 101 Å². The van der Waals surface area contributed by atoms with Gasteiger partial charge >= 0.3 is 0 Å². The molecule has 0 rings (SSSR count). The third-order valence-corrected chi connectivity index (χ3v) is 2.21. The SMILES string of the molecule is CCCCOCCOCCCNCC(C)C. The monoisotopic (exact) mass is 231 g/mol. The Morgan fingerprint density at radius 3 is 2.12 bits per heavy atom. The standard InChI is InChI=1S/C13H29NO2/c1-4-5-8-15-10-11-16-9-6-7-14-12-13(2)3/h13-14H,4-12H2,1-3H3. The molecule has 1 N–H and O–H groups in total. The van der Waals surface area contributed by atoms with Crippen molar-refractivity contribution in [2.45, 2.75) is 40.0 Å². The van der Waals surface area contributed by atoms with Gasteiger partial charge in [0, 0.05) is 13.2 Å². The van der Waals surface area contributed by atoms with Gasteiger partial charge in [-0.3, -0.25) is 0 Å². The molecular weight excluding hydrogens is 202 g/mol. The molecule has 0 heterocycles. The van der Waals surface area contributed by atoms with Crippen molar-refractivity contribution in [3.8, 4) is 0 Å². The van der Waals surface area contributed by atoms with Crippen molar-refractivity contribution in [3.05, 3.63) is 0 Å². The van der Waals surface area contributed by atoms with Crippen molar-refractivity contribution in [3.63, 3.8) is 0 Å². The lowest BCUT2D eigenvalue weighted by molar-refractivity contribution is 0.0459. The van der Waals surface area contributed by atoms with Gasteiger partial charge in [-0.1, -0.05) is 27.2 Å². The van der Waals surface area contributed by atoms with Crippen molar-refractivity contribution in [1.29, 1.82) is 0 Å². The van der Waals surface area contributed by atoms with Crippen LogP contribution < -0.4 is 5.32 Å². The van der Waals surface area contributed by atoms with Gasteiger partial charge in [0.2, 0.25) is 0 Å². The maximum Gasteiger partial charge on any atom is 0.0700 e. The number of hydrogen-bond acceptors (Lipinski definition) is 3. The van der Waals surface area contributed by atoms with E-state index in [1.54, 1.807) is 0 Å². The van der Waals surface area contributed by atoms with Crippen molar-refractivity contribution >= 4 is 0 Å². The van der Waals surface area contributed by atoms with Crippen LogP contribution in [0.25, 0.3) is 0 Å². The van der Waals surface area contributed by atoms with Gasteiger partial charge in [0.15, 0.2) is 0 Å². The third-order valence-electron chi connectivity index (χ3n) is 2.21. The van der Waals surface area contributed by atoms with Crippen molar-refractivity contribution in [1.82, 2.24) is 5.32 Å². The normalized spacial score (nSPS) is 11.2. The van der Waals surface area contributed by atoms with E-state index in [2.05, 4.69) is 26.1 Å². The van der Waals surface area contributed by atoms with E-state index < -0.39 is 0 Å². The lowest BCUT2D eigenvalue weighted by atomic mass is 10.2. The molecule has 0 radical (unpaired) electrons. The molecule has 16 heavy (non-hydrogen) atoms. The van der Waals surface area contributed by atoms with Crippen molar-refractivity contribution in [2.75, 3.05) is 39.5 Å². The fourth-order valence-corrected chi connectivity index (χ4v) is 1.26. The molecule has 0 unspecified atom stereocenters. The molecule has 0 atom stereocenters. The summed E-state index contributed by atoms with van der Waals surface area (Å²) >= 11 is 0. The molecule has 0 spiro atoms. The summed E-state index contributed by atoms with van der Waals surface area (Å²) in [4.78, 5) is 0. The topological polar surface area (TPSA) is 30.5 Å². The minimum Gasteiger partial charge on any atom is -0.379 e. The first kappa shape index (κ1) is 15.9. The van der Waals surface area contributed by atoms with Crippen LogP contribution in [0.2, 0.25) is 0 Å². The molecular formula is C13H29NO2. The fourth-order valence-electron chi connectivity index (χ4n) is 1.26. The second-order valence-electron chi connectivity index (χ2n) is 4.53. The Hall–Kier alpha value is -0.120. The predicted octanol–water partition coefficient (Wildman–Crippen LogP) is 2.46. The quantitative estimate of drug-likeness (QED) is 0.523. The van der Waals surface area contributed by atoms with E-state index in [1.807, 2.05) is 0 Å². The maximum atomic E-state index is 5.46. The van der Waals surface area contributed by atoms with Crippen LogP contribution in [0.1, 0.15) is 40.0 Å². The van der Waals surface area contributed by atoms with Gasteiger partial charge in [-0.05, 0) is 31.8 Å². The molecule has 0 amide bonds. The van der Waals surface area contributed by atoms with E-state index in [-0.39, 0.29) is 0 Å². The van der Waals surface area contributed by atoms with Crippen LogP contribution in [0.15, 0.2) is 0 Å². The molecule has 0 saturated carbocycles.